The molecule has 2 aromatic carbocycles. The van der Waals surface area contributed by atoms with E-state index in [1.807, 2.05) is 30.3 Å². The summed E-state index contributed by atoms with van der Waals surface area (Å²) in [5.74, 6) is -0.680. The topological polar surface area (TPSA) is 30.7 Å². The van der Waals surface area contributed by atoms with Gasteiger partial charge in [0.2, 0.25) is 0 Å². The highest BCUT2D eigenvalue weighted by molar-refractivity contribution is 7.98. The first kappa shape index (κ1) is 13.8. The zero-order chi connectivity index (χ0) is 14.7. The Morgan fingerprint density at radius 2 is 1.86 bits per heavy atom. The van der Waals surface area contributed by atoms with E-state index in [0.717, 1.165) is 11.0 Å². The van der Waals surface area contributed by atoms with Crippen molar-refractivity contribution in [3.05, 3.63) is 66.4 Å². The summed E-state index contributed by atoms with van der Waals surface area (Å²) in [5, 5.41) is 7.88. The van der Waals surface area contributed by atoms with Crippen LogP contribution in [0.2, 0.25) is 0 Å². The second-order valence-corrected chi connectivity index (χ2v) is 5.37. The van der Waals surface area contributed by atoms with Crippen LogP contribution in [-0.4, -0.2) is 15.0 Å². The van der Waals surface area contributed by atoms with Crippen molar-refractivity contribution in [2.45, 2.75) is 10.8 Å². The van der Waals surface area contributed by atoms with Crippen LogP contribution in [0.5, 0.6) is 0 Å². The molecule has 0 aliphatic carbocycles. The smallest absolute Gasteiger partial charge is 0.135 e. The van der Waals surface area contributed by atoms with E-state index in [-0.39, 0.29) is 5.56 Å². The van der Waals surface area contributed by atoms with Crippen LogP contribution in [0, 0.1) is 11.6 Å². The summed E-state index contributed by atoms with van der Waals surface area (Å²) >= 11 is 1.60. The summed E-state index contributed by atoms with van der Waals surface area (Å²) in [6.07, 6.45) is 1.65. The van der Waals surface area contributed by atoms with Crippen molar-refractivity contribution in [1.29, 1.82) is 0 Å². The summed E-state index contributed by atoms with van der Waals surface area (Å²) in [4.78, 5) is 1.11. The van der Waals surface area contributed by atoms with Gasteiger partial charge < -0.3 is 0 Å². The van der Waals surface area contributed by atoms with Crippen molar-refractivity contribution in [1.82, 2.24) is 15.0 Å². The predicted octanol–water partition coefficient (Wildman–Crippen LogP) is 3.97. The van der Waals surface area contributed by atoms with E-state index < -0.39 is 11.6 Å². The fraction of sp³-hybridized carbons (Fsp3) is 0.0667. The lowest BCUT2D eigenvalue weighted by atomic mass is 10.1. The molecule has 21 heavy (non-hydrogen) atoms. The van der Waals surface area contributed by atoms with E-state index in [2.05, 4.69) is 10.3 Å². The van der Waals surface area contributed by atoms with Gasteiger partial charge in [0, 0.05) is 16.5 Å². The number of rotatable bonds is 4. The minimum atomic E-state index is -0.641. The summed E-state index contributed by atoms with van der Waals surface area (Å²) in [7, 11) is 0. The Morgan fingerprint density at radius 3 is 2.62 bits per heavy atom. The van der Waals surface area contributed by atoms with E-state index in [1.165, 1.54) is 12.1 Å². The molecule has 3 nitrogen and oxygen atoms in total. The van der Waals surface area contributed by atoms with Crippen LogP contribution in [0.15, 0.2) is 59.6 Å². The van der Waals surface area contributed by atoms with Crippen LogP contribution in [0.4, 0.5) is 8.78 Å². The lowest BCUT2D eigenvalue weighted by Crippen LogP contribution is -1.94. The molecule has 0 bridgehead atoms. The van der Waals surface area contributed by atoms with Gasteiger partial charge in [-0.1, -0.05) is 23.4 Å². The third kappa shape index (κ3) is 3.28. The molecular weight excluding hydrogens is 292 g/mol. The maximum Gasteiger partial charge on any atom is 0.135 e. The Labute approximate surface area is 124 Å². The van der Waals surface area contributed by atoms with Gasteiger partial charge in [-0.15, -0.1) is 16.9 Å². The second kappa shape index (κ2) is 6.05. The summed E-state index contributed by atoms with van der Waals surface area (Å²) < 4.78 is 28.2. The lowest BCUT2D eigenvalue weighted by Gasteiger charge is -2.00. The Kier molecular flexibility index (Phi) is 3.96. The molecule has 0 saturated heterocycles. The van der Waals surface area contributed by atoms with Crippen molar-refractivity contribution in [3.8, 4) is 11.3 Å². The maximum absolute atomic E-state index is 13.7. The number of halogens is 2. The zero-order valence-electron chi connectivity index (χ0n) is 10.9. The summed E-state index contributed by atoms with van der Waals surface area (Å²) in [6, 6.07) is 13.3. The van der Waals surface area contributed by atoms with Crippen LogP contribution in [0.1, 0.15) is 0 Å². The molecule has 0 amide bonds. The molecule has 0 saturated carbocycles. The minimum Gasteiger partial charge on any atom is -0.242 e. The van der Waals surface area contributed by atoms with Crippen molar-refractivity contribution in [3.63, 3.8) is 0 Å². The van der Waals surface area contributed by atoms with Crippen molar-refractivity contribution >= 4 is 11.8 Å². The van der Waals surface area contributed by atoms with E-state index >= 15 is 0 Å². The standard InChI is InChI=1S/C15H11F2N3S/c16-11-6-7-13(14(17)8-11)15-9-20(19-18-15)10-21-12-4-2-1-3-5-12/h1-9H,10H2. The molecule has 6 heteroatoms. The summed E-state index contributed by atoms with van der Waals surface area (Å²) in [5.41, 5.74) is 0.633. The minimum absolute atomic E-state index is 0.243. The average molecular weight is 303 g/mol. The number of nitrogens with zero attached hydrogens (tertiary/aromatic N) is 3. The highest BCUT2D eigenvalue weighted by Crippen LogP contribution is 2.23. The summed E-state index contributed by atoms with van der Waals surface area (Å²) in [6.45, 7) is 0. The lowest BCUT2D eigenvalue weighted by molar-refractivity contribution is 0.585. The van der Waals surface area contributed by atoms with E-state index in [9.17, 15) is 8.78 Å². The maximum atomic E-state index is 13.7. The normalized spacial score (nSPS) is 10.8. The van der Waals surface area contributed by atoms with Gasteiger partial charge in [0.05, 0.1) is 12.1 Å². The zero-order valence-corrected chi connectivity index (χ0v) is 11.7. The third-order valence-corrected chi connectivity index (χ3v) is 3.85. The molecule has 0 radical (unpaired) electrons. The molecule has 0 atom stereocenters. The van der Waals surface area contributed by atoms with Gasteiger partial charge in [-0.05, 0) is 24.3 Å². The van der Waals surface area contributed by atoms with Crippen LogP contribution in [0.3, 0.4) is 0 Å². The number of hydrogen-bond donors (Lipinski definition) is 0. The van der Waals surface area contributed by atoms with Gasteiger partial charge in [0.15, 0.2) is 0 Å². The van der Waals surface area contributed by atoms with Gasteiger partial charge in [0.1, 0.15) is 17.3 Å². The first-order valence-corrected chi connectivity index (χ1v) is 7.24. The predicted molar refractivity (Wildman–Crippen MR) is 77.7 cm³/mol. The Hall–Kier alpha value is -2.21. The molecule has 0 fully saturated rings. The van der Waals surface area contributed by atoms with Gasteiger partial charge in [-0.3, -0.25) is 0 Å². The Bertz CT molecular complexity index is 744. The van der Waals surface area contributed by atoms with Crippen molar-refractivity contribution in [2.24, 2.45) is 0 Å². The SMILES string of the molecule is Fc1ccc(-c2cn(CSc3ccccc3)nn2)c(F)c1. The monoisotopic (exact) mass is 303 g/mol. The van der Waals surface area contributed by atoms with Crippen LogP contribution >= 0.6 is 11.8 Å². The van der Waals surface area contributed by atoms with Crippen molar-refractivity contribution in [2.75, 3.05) is 0 Å². The molecule has 1 aromatic heterocycles. The fourth-order valence-electron chi connectivity index (χ4n) is 1.84. The number of thioether (sulfide) groups is 1. The third-order valence-electron chi connectivity index (χ3n) is 2.85. The first-order chi connectivity index (χ1) is 10.2. The second-order valence-electron chi connectivity index (χ2n) is 4.35. The largest absolute Gasteiger partial charge is 0.242 e. The quantitative estimate of drug-likeness (QED) is 0.683. The van der Waals surface area contributed by atoms with Crippen molar-refractivity contribution < 1.29 is 8.78 Å². The Balaban J connectivity index is 1.74. The molecular formula is C15H11F2N3S. The van der Waals surface area contributed by atoms with E-state index in [4.69, 9.17) is 0 Å². The number of hydrogen-bond acceptors (Lipinski definition) is 3. The van der Waals surface area contributed by atoms with Crippen LogP contribution in [0.25, 0.3) is 11.3 Å². The van der Waals surface area contributed by atoms with Gasteiger partial charge in [-0.2, -0.15) is 0 Å². The molecule has 3 aromatic rings. The molecule has 0 unspecified atom stereocenters. The van der Waals surface area contributed by atoms with E-state index in [0.29, 0.717) is 11.6 Å². The fourth-order valence-corrected chi connectivity index (χ4v) is 2.60. The molecule has 0 aliphatic heterocycles. The molecule has 106 valence electrons. The molecule has 3 rings (SSSR count). The highest BCUT2D eigenvalue weighted by Gasteiger charge is 2.10. The molecule has 0 aliphatic rings. The Morgan fingerprint density at radius 1 is 1.05 bits per heavy atom. The molecule has 0 N–H and O–H groups in total. The molecule has 0 spiro atoms. The molecule has 1 heterocycles. The van der Waals surface area contributed by atoms with Gasteiger partial charge in [0.25, 0.3) is 0 Å². The highest BCUT2D eigenvalue weighted by atomic mass is 32.2. The average Bonchev–Trinajstić information content (AvgIpc) is 2.95. The first-order valence-electron chi connectivity index (χ1n) is 6.26. The number of aromatic nitrogens is 3. The van der Waals surface area contributed by atoms with Gasteiger partial charge >= 0.3 is 0 Å². The van der Waals surface area contributed by atoms with E-state index in [1.54, 1.807) is 22.6 Å². The van der Waals surface area contributed by atoms with Gasteiger partial charge in [-0.25, -0.2) is 13.5 Å². The van der Waals surface area contributed by atoms with Crippen LogP contribution < -0.4 is 0 Å². The van der Waals surface area contributed by atoms with Crippen LogP contribution in [-0.2, 0) is 5.88 Å². The number of benzene rings is 2.